The number of H-pyrrole nitrogens is 1. The number of piperidine rings is 1. The summed E-state index contributed by atoms with van der Waals surface area (Å²) in [5.74, 6) is 2.42. The second-order valence-corrected chi connectivity index (χ2v) is 10.9. The van der Waals surface area contributed by atoms with Gasteiger partial charge >= 0.3 is 0 Å². The van der Waals surface area contributed by atoms with Crippen molar-refractivity contribution in [1.82, 2.24) is 15.3 Å². The van der Waals surface area contributed by atoms with E-state index in [4.69, 9.17) is 14.5 Å². The number of aromatic nitrogens is 2. The van der Waals surface area contributed by atoms with Crippen molar-refractivity contribution >= 4 is 22.8 Å². The molecule has 1 saturated heterocycles. The fourth-order valence-electron chi connectivity index (χ4n) is 6.15. The van der Waals surface area contributed by atoms with Gasteiger partial charge in [-0.1, -0.05) is 37.1 Å². The molecule has 0 bridgehead atoms. The first kappa shape index (κ1) is 23.8. The highest BCUT2D eigenvalue weighted by Crippen LogP contribution is 2.46. The lowest BCUT2D eigenvalue weighted by atomic mass is 9.73. The van der Waals surface area contributed by atoms with Gasteiger partial charge in [0.25, 0.3) is 5.56 Å². The van der Waals surface area contributed by atoms with Crippen LogP contribution in [0.2, 0.25) is 0 Å². The zero-order valence-corrected chi connectivity index (χ0v) is 21.5. The number of anilines is 1. The molecule has 8 nitrogen and oxygen atoms in total. The molecule has 2 fully saturated rings. The number of hydrogen-bond acceptors (Lipinski definition) is 6. The molecule has 0 atom stereocenters. The summed E-state index contributed by atoms with van der Waals surface area (Å²) in [6.07, 6.45) is 6.71. The summed E-state index contributed by atoms with van der Waals surface area (Å²) in [6.45, 7) is 1.35. The minimum atomic E-state index is -0.361. The third kappa shape index (κ3) is 4.54. The third-order valence-electron chi connectivity index (χ3n) is 8.46. The van der Waals surface area contributed by atoms with Crippen molar-refractivity contribution < 1.29 is 14.3 Å². The lowest BCUT2D eigenvalue weighted by Crippen LogP contribution is -2.52. The summed E-state index contributed by atoms with van der Waals surface area (Å²) in [5.41, 5.74) is 2.68. The number of nitrogens with one attached hydrogen (secondary N) is 2. The van der Waals surface area contributed by atoms with Crippen LogP contribution < -0.4 is 25.2 Å². The molecule has 0 radical (unpaired) electrons. The number of carbonyl (C=O) groups is 1. The fourth-order valence-corrected chi connectivity index (χ4v) is 6.15. The second kappa shape index (κ2) is 9.39. The number of rotatable bonds is 7. The van der Waals surface area contributed by atoms with Gasteiger partial charge in [-0.05, 0) is 55.2 Å². The van der Waals surface area contributed by atoms with Crippen molar-refractivity contribution in [2.75, 3.05) is 32.2 Å². The quantitative estimate of drug-likeness (QED) is 0.512. The monoisotopic (exact) mass is 502 g/mol. The van der Waals surface area contributed by atoms with E-state index in [-0.39, 0.29) is 22.9 Å². The molecule has 3 aliphatic rings. The van der Waals surface area contributed by atoms with Crippen molar-refractivity contribution in [3.05, 3.63) is 57.9 Å². The maximum atomic E-state index is 13.8. The van der Waals surface area contributed by atoms with E-state index in [9.17, 15) is 9.59 Å². The van der Waals surface area contributed by atoms with Crippen LogP contribution in [0.1, 0.15) is 43.2 Å². The number of aromatic amines is 1. The third-order valence-corrected chi connectivity index (χ3v) is 8.46. The first-order chi connectivity index (χ1) is 18.0. The number of hydrogen-bond donors (Lipinski definition) is 2. The molecular weight excluding hydrogens is 468 g/mol. The molecule has 0 unspecified atom stereocenters. The molecule has 1 aromatic heterocycles. The van der Waals surface area contributed by atoms with E-state index in [0.717, 1.165) is 32.1 Å². The van der Waals surface area contributed by atoms with Gasteiger partial charge in [0, 0.05) is 25.2 Å². The Balaban J connectivity index is 1.20. The van der Waals surface area contributed by atoms with Crippen LogP contribution in [0.15, 0.2) is 41.2 Å². The Hall–Kier alpha value is -3.55. The van der Waals surface area contributed by atoms with Crippen LogP contribution in [0.4, 0.5) is 5.95 Å². The van der Waals surface area contributed by atoms with Gasteiger partial charge in [0.1, 0.15) is 0 Å². The van der Waals surface area contributed by atoms with Crippen LogP contribution in [0.25, 0.3) is 10.9 Å². The number of carbonyl (C=O) groups excluding carboxylic acids is 1. The average Bonchev–Trinajstić information content (AvgIpc) is 3.63. The van der Waals surface area contributed by atoms with Gasteiger partial charge in [-0.15, -0.1) is 0 Å². The number of methoxy groups -OCH3 is 2. The molecule has 1 aliphatic heterocycles. The van der Waals surface area contributed by atoms with Gasteiger partial charge in [-0.3, -0.25) is 14.6 Å². The molecule has 1 saturated carbocycles. The Bertz CT molecular complexity index is 1360. The molecule has 3 aromatic rings. The maximum Gasteiger partial charge on any atom is 0.260 e. The molecule has 194 valence electrons. The largest absolute Gasteiger partial charge is 0.493 e. The summed E-state index contributed by atoms with van der Waals surface area (Å²) in [6, 6.07) is 12.1. The Morgan fingerprint density at radius 2 is 1.73 bits per heavy atom. The van der Waals surface area contributed by atoms with Gasteiger partial charge in [-0.2, -0.15) is 0 Å². The Labute approximate surface area is 216 Å². The average molecular weight is 503 g/mol. The molecule has 0 spiro atoms. The first-order valence-corrected chi connectivity index (χ1v) is 13.3. The van der Waals surface area contributed by atoms with Crippen LogP contribution in [-0.2, 0) is 17.6 Å². The minimum absolute atomic E-state index is 0.171. The molecule has 8 heteroatoms. The van der Waals surface area contributed by atoms with E-state index in [1.54, 1.807) is 26.4 Å². The van der Waals surface area contributed by atoms with E-state index in [1.165, 1.54) is 24.0 Å². The zero-order valence-electron chi connectivity index (χ0n) is 21.5. The Kier molecular flexibility index (Phi) is 6.05. The topological polar surface area (TPSA) is 96.5 Å². The Morgan fingerprint density at radius 3 is 2.35 bits per heavy atom. The lowest BCUT2D eigenvalue weighted by Gasteiger charge is -2.41. The van der Waals surface area contributed by atoms with E-state index >= 15 is 0 Å². The smallest absolute Gasteiger partial charge is 0.260 e. The number of ether oxygens (including phenoxy) is 2. The summed E-state index contributed by atoms with van der Waals surface area (Å²) in [5, 5.41) is 3.88. The zero-order chi connectivity index (χ0) is 25.6. The minimum Gasteiger partial charge on any atom is -0.493 e. The van der Waals surface area contributed by atoms with E-state index < -0.39 is 0 Å². The lowest BCUT2D eigenvalue weighted by molar-refractivity contribution is -0.133. The van der Waals surface area contributed by atoms with Crippen LogP contribution in [0.5, 0.6) is 11.5 Å². The van der Waals surface area contributed by atoms with Crippen molar-refractivity contribution in [3.63, 3.8) is 0 Å². The fraction of sp³-hybridized carbons (Fsp3) is 0.483. The predicted molar refractivity (Wildman–Crippen MR) is 142 cm³/mol. The van der Waals surface area contributed by atoms with Gasteiger partial charge in [-0.25, -0.2) is 4.98 Å². The normalized spacial score (nSPS) is 19.0. The molecule has 1 amide bonds. The summed E-state index contributed by atoms with van der Waals surface area (Å²) >= 11 is 0. The van der Waals surface area contributed by atoms with Gasteiger partial charge < -0.3 is 19.7 Å². The predicted octanol–water partition coefficient (Wildman–Crippen LogP) is 3.61. The van der Waals surface area contributed by atoms with Crippen LogP contribution in [-0.4, -0.2) is 49.2 Å². The molecule has 37 heavy (non-hydrogen) atoms. The first-order valence-electron chi connectivity index (χ1n) is 13.3. The summed E-state index contributed by atoms with van der Waals surface area (Å²) in [7, 11) is 3.11. The van der Waals surface area contributed by atoms with Crippen LogP contribution in [0.3, 0.4) is 0 Å². The number of benzene rings is 2. The molecule has 2 aromatic carbocycles. The van der Waals surface area contributed by atoms with Crippen molar-refractivity contribution in [1.29, 1.82) is 0 Å². The molecular formula is C29H34N4O4. The number of fused-ring (bicyclic) bond motifs is 2. The summed E-state index contributed by atoms with van der Waals surface area (Å²) < 4.78 is 10.7. The van der Waals surface area contributed by atoms with Crippen molar-refractivity contribution in [2.45, 2.75) is 51.0 Å². The van der Waals surface area contributed by atoms with Gasteiger partial charge in [0.05, 0.1) is 30.5 Å². The molecule has 2 aliphatic carbocycles. The van der Waals surface area contributed by atoms with Gasteiger partial charge in [0.2, 0.25) is 11.9 Å². The SMILES string of the molecule is COc1cc2nc(N3CCC(CC4CC4)(C(=O)NC4Cc5ccccc5C4)CC3)[nH]c(=O)c2cc1OC. The number of nitrogens with zero attached hydrogens (tertiary/aromatic N) is 2. The van der Waals surface area contributed by atoms with Crippen molar-refractivity contribution in [3.8, 4) is 11.5 Å². The molecule has 6 rings (SSSR count). The highest BCUT2D eigenvalue weighted by molar-refractivity contribution is 5.84. The maximum absolute atomic E-state index is 13.8. The van der Waals surface area contributed by atoms with E-state index in [0.29, 0.717) is 47.4 Å². The van der Waals surface area contributed by atoms with E-state index in [2.05, 4.69) is 39.5 Å². The van der Waals surface area contributed by atoms with Crippen LogP contribution >= 0.6 is 0 Å². The van der Waals surface area contributed by atoms with Crippen molar-refractivity contribution in [2.24, 2.45) is 11.3 Å². The standard InChI is InChI=1S/C29H34N4O4/c1-36-24-15-22-23(16-25(24)37-2)31-28(32-26(22)34)33-11-9-29(10-12-33,17-18-7-8-18)27(35)30-21-13-19-5-3-4-6-20(19)14-21/h3-6,15-16,18,21H,7-14,17H2,1-2H3,(H,30,35)(H,31,32,34). The molecule has 2 N–H and O–H groups in total. The highest BCUT2D eigenvalue weighted by atomic mass is 16.5. The van der Waals surface area contributed by atoms with Crippen LogP contribution in [0, 0.1) is 11.3 Å². The summed E-state index contributed by atoms with van der Waals surface area (Å²) in [4.78, 5) is 36.5. The second-order valence-electron chi connectivity index (χ2n) is 10.9. The molecule has 2 heterocycles. The Morgan fingerprint density at radius 1 is 1.08 bits per heavy atom. The van der Waals surface area contributed by atoms with E-state index in [1.807, 2.05) is 0 Å². The number of amides is 1. The van der Waals surface area contributed by atoms with Gasteiger partial charge in [0.15, 0.2) is 11.5 Å². The highest BCUT2D eigenvalue weighted by Gasteiger charge is 2.46.